The molecule has 4 heteroatoms. The lowest BCUT2D eigenvalue weighted by molar-refractivity contribution is 0.0828. The zero-order chi connectivity index (χ0) is 15.4. The fourth-order valence-electron chi connectivity index (χ4n) is 1.99. The Morgan fingerprint density at radius 2 is 1.81 bits per heavy atom. The molecular weight excluding hydrogens is 284 g/mol. The molecule has 0 radical (unpaired) electrons. The van der Waals surface area contributed by atoms with Crippen molar-refractivity contribution in [3.8, 4) is 0 Å². The molecule has 0 atom stereocenters. The summed E-state index contributed by atoms with van der Waals surface area (Å²) in [5.41, 5.74) is 3.76. The summed E-state index contributed by atoms with van der Waals surface area (Å²) >= 11 is 6.04. The van der Waals surface area contributed by atoms with E-state index < -0.39 is 0 Å². The van der Waals surface area contributed by atoms with Gasteiger partial charge in [-0.1, -0.05) is 41.4 Å². The minimum absolute atomic E-state index is 0.0435. The first-order chi connectivity index (χ1) is 9.97. The Hall–Kier alpha value is -2.00. The van der Waals surface area contributed by atoms with Crippen molar-refractivity contribution in [3.63, 3.8) is 0 Å². The molecule has 1 amide bonds. The molecule has 0 heterocycles. The number of aryl methyl sites for hydroxylation is 1. The van der Waals surface area contributed by atoms with Crippen LogP contribution in [0.25, 0.3) is 0 Å². The molecule has 0 saturated heterocycles. The minimum atomic E-state index is -0.0435. The van der Waals surface area contributed by atoms with E-state index in [4.69, 9.17) is 11.6 Å². The van der Waals surface area contributed by atoms with Crippen molar-refractivity contribution < 1.29 is 4.79 Å². The zero-order valence-corrected chi connectivity index (χ0v) is 13.2. The van der Waals surface area contributed by atoms with Crippen LogP contribution in [0.5, 0.6) is 0 Å². The molecule has 3 nitrogen and oxygen atoms in total. The van der Waals surface area contributed by atoms with Crippen LogP contribution < -0.4 is 5.32 Å². The number of rotatable bonds is 4. The first-order valence-electron chi connectivity index (χ1n) is 6.78. The van der Waals surface area contributed by atoms with Crippen molar-refractivity contribution in [2.75, 3.05) is 19.4 Å². The SMILES string of the molecule is Cc1ccc(CNc2cc(Cl)ccc2C(=O)N(C)C)cc1. The minimum Gasteiger partial charge on any atom is -0.380 e. The average Bonchev–Trinajstić information content (AvgIpc) is 2.46. The van der Waals surface area contributed by atoms with Crippen molar-refractivity contribution >= 4 is 23.2 Å². The van der Waals surface area contributed by atoms with E-state index in [0.717, 1.165) is 11.3 Å². The van der Waals surface area contributed by atoms with E-state index in [0.29, 0.717) is 17.1 Å². The van der Waals surface area contributed by atoms with Crippen LogP contribution in [-0.2, 0) is 6.54 Å². The Balaban J connectivity index is 2.20. The summed E-state index contributed by atoms with van der Waals surface area (Å²) in [5.74, 6) is -0.0435. The van der Waals surface area contributed by atoms with Gasteiger partial charge in [-0.3, -0.25) is 4.79 Å². The van der Waals surface area contributed by atoms with Crippen molar-refractivity contribution in [2.45, 2.75) is 13.5 Å². The van der Waals surface area contributed by atoms with Gasteiger partial charge in [-0.15, -0.1) is 0 Å². The van der Waals surface area contributed by atoms with Gasteiger partial charge in [-0.2, -0.15) is 0 Å². The third-order valence-corrected chi connectivity index (χ3v) is 3.46. The van der Waals surface area contributed by atoms with Gasteiger partial charge in [0.2, 0.25) is 0 Å². The summed E-state index contributed by atoms with van der Waals surface area (Å²) in [6, 6.07) is 13.5. The molecule has 0 spiro atoms. The number of nitrogens with one attached hydrogen (secondary N) is 1. The van der Waals surface area contributed by atoms with Gasteiger partial charge in [0.1, 0.15) is 0 Å². The first-order valence-corrected chi connectivity index (χ1v) is 7.16. The lowest BCUT2D eigenvalue weighted by Gasteiger charge is -2.16. The molecule has 2 aromatic carbocycles. The van der Waals surface area contributed by atoms with Crippen molar-refractivity contribution in [1.82, 2.24) is 4.90 Å². The van der Waals surface area contributed by atoms with Crippen LogP contribution in [-0.4, -0.2) is 24.9 Å². The Kier molecular flexibility index (Phi) is 4.86. The molecule has 2 rings (SSSR count). The molecule has 0 saturated carbocycles. The molecule has 0 unspecified atom stereocenters. The van der Waals surface area contributed by atoms with Crippen molar-refractivity contribution in [3.05, 3.63) is 64.2 Å². The van der Waals surface area contributed by atoms with E-state index in [1.165, 1.54) is 5.56 Å². The summed E-state index contributed by atoms with van der Waals surface area (Å²) in [4.78, 5) is 13.7. The third kappa shape index (κ3) is 3.99. The summed E-state index contributed by atoms with van der Waals surface area (Å²) in [5, 5.41) is 3.90. The van der Waals surface area contributed by atoms with Gasteiger partial charge in [0.15, 0.2) is 0 Å². The van der Waals surface area contributed by atoms with E-state index in [9.17, 15) is 4.79 Å². The highest BCUT2D eigenvalue weighted by molar-refractivity contribution is 6.31. The third-order valence-electron chi connectivity index (χ3n) is 3.22. The largest absolute Gasteiger partial charge is 0.380 e. The molecule has 0 aromatic heterocycles. The monoisotopic (exact) mass is 302 g/mol. The number of nitrogens with zero attached hydrogens (tertiary/aromatic N) is 1. The molecule has 0 aliphatic rings. The predicted molar refractivity (Wildman–Crippen MR) is 88.0 cm³/mol. The highest BCUT2D eigenvalue weighted by atomic mass is 35.5. The number of hydrogen-bond donors (Lipinski definition) is 1. The van der Waals surface area contributed by atoms with E-state index in [2.05, 4.69) is 36.5 Å². The van der Waals surface area contributed by atoms with Crippen molar-refractivity contribution in [1.29, 1.82) is 0 Å². The standard InChI is InChI=1S/C17H19ClN2O/c1-12-4-6-13(7-5-12)11-19-16-10-14(18)8-9-15(16)17(21)20(2)3/h4-10,19H,11H2,1-3H3. The van der Waals surface area contributed by atoms with E-state index in [1.807, 2.05) is 0 Å². The van der Waals surface area contributed by atoms with Crippen LogP contribution >= 0.6 is 11.6 Å². The van der Waals surface area contributed by atoms with Crippen LogP contribution in [0.15, 0.2) is 42.5 Å². The number of carbonyl (C=O) groups is 1. The summed E-state index contributed by atoms with van der Waals surface area (Å²) in [7, 11) is 3.47. The van der Waals surface area contributed by atoms with Crippen LogP contribution in [0, 0.1) is 6.92 Å². The number of carbonyl (C=O) groups excluding carboxylic acids is 1. The van der Waals surface area contributed by atoms with Gasteiger partial charge >= 0.3 is 0 Å². The van der Waals surface area contributed by atoms with Crippen molar-refractivity contribution in [2.24, 2.45) is 0 Å². The van der Waals surface area contributed by atoms with Gasteiger partial charge in [-0.25, -0.2) is 0 Å². The van der Waals surface area contributed by atoms with Crippen LogP contribution in [0.3, 0.4) is 0 Å². The second-order valence-corrected chi connectivity index (χ2v) is 5.67. The van der Waals surface area contributed by atoms with E-state index in [-0.39, 0.29) is 5.91 Å². The Bertz CT molecular complexity index is 636. The maximum Gasteiger partial charge on any atom is 0.255 e. The molecule has 0 fully saturated rings. The number of halogens is 1. The smallest absolute Gasteiger partial charge is 0.255 e. The Morgan fingerprint density at radius 1 is 1.14 bits per heavy atom. The molecule has 0 aliphatic carbocycles. The molecule has 0 aliphatic heterocycles. The average molecular weight is 303 g/mol. The van der Waals surface area contributed by atoms with Gasteiger partial charge in [0, 0.05) is 31.4 Å². The molecule has 110 valence electrons. The second-order valence-electron chi connectivity index (χ2n) is 5.23. The second kappa shape index (κ2) is 6.64. The number of hydrogen-bond acceptors (Lipinski definition) is 2. The first kappa shape index (κ1) is 15.4. The molecule has 1 N–H and O–H groups in total. The predicted octanol–water partition coefficient (Wildman–Crippen LogP) is 3.96. The lowest BCUT2D eigenvalue weighted by atomic mass is 10.1. The molecular formula is C17H19ClN2O. The maximum absolute atomic E-state index is 12.2. The number of benzene rings is 2. The highest BCUT2D eigenvalue weighted by Gasteiger charge is 2.13. The van der Waals surface area contributed by atoms with Gasteiger partial charge in [0.25, 0.3) is 5.91 Å². The van der Waals surface area contributed by atoms with Crippen LogP contribution in [0.2, 0.25) is 5.02 Å². The number of amides is 1. The topological polar surface area (TPSA) is 32.3 Å². The van der Waals surface area contributed by atoms with Crippen LogP contribution in [0.1, 0.15) is 21.5 Å². The Morgan fingerprint density at radius 3 is 2.43 bits per heavy atom. The normalized spacial score (nSPS) is 10.3. The van der Waals surface area contributed by atoms with E-state index in [1.54, 1.807) is 37.2 Å². The lowest BCUT2D eigenvalue weighted by Crippen LogP contribution is -2.23. The molecule has 21 heavy (non-hydrogen) atoms. The van der Waals surface area contributed by atoms with Crippen LogP contribution in [0.4, 0.5) is 5.69 Å². The molecule has 2 aromatic rings. The fourth-order valence-corrected chi connectivity index (χ4v) is 2.17. The quantitative estimate of drug-likeness (QED) is 0.927. The maximum atomic E-state index is 12.2. The van der Waals surface area contributed by atoms with E-state index >= 15 is 0 Å². The fraction of sp³-hybridized carbons (Fsp3) is 0.235. The summed E-state index contributed by atoms with van der Waals surface area (Å²) in [6.45, 7) is 2.70. The highest BCUT2D eigenvalue weighted by Crippen LogP contribution is 2.23. The van der Waals surface area contributed by atoms with Gasteiger partial charge < -0.3 is 10.2 Å². The molecule has 0 bridgehead atoms. The summed E-state index contributed by atoms with van der Waals surface area (Å²) in [6.07, 6.45) is 0. The Labute approximate surface area is 130 Å². The number of anilines is 1. The van der Waals surface area contributed by atoms with Gasteiger partial charge in [0.05, 0.1) is 5.56 Å². The van der Waals surface area contributed by atoms with Gasteiger partial charge in [-0.05, 0) is 30.7 Å². The zero-order valence-electron chi connectivity index (χ0n) is 12.5. The summed E-state index contributed by atoms with van der Waals surface area (Å²) < 4.78 is 0.